The van der Waals surface area contributed by atoms with Crippen LogP contribution in [-0.4, -0.2) is 32.7 Å². The summed E-state index contributed by atoms with van der Waals surface area (Å²) in [5.41, 5.74) is 0. The molecule has 0 aromatic carbocycles. The molecule has 2 unspecified atom stereocenters. The third kappa shape index (κ3) is 3.37. The minimum absolute atomic E-state index is 0.344. The molecule has 0 aromatic rings. The van der Waals surface area contributed by atoms with Gasteiger partial charge in [-0.3, -0.25) is 0 Å². The van der Waals surface area contributed by atoms with Gasteiger partial charge in [-0.25, -0.2) is 13.9 Å². The van der Waals surface area contributed by atoms with Crippen molar-refractivity contribution in [2.45, 2.75) is 12.3 Å². The van der Waals surface area contributed by atoms with Gasteiger partial charge in [0.1, 0.15) is 6.61 Å². The highest BCUT2D eigenvalue weighted by molar-refractivity contribution is 4.64. The van der Waals surface area contributed by atoms with Crippen molar-refractivity contribution in [1.82, 2.24) is 0 Å². The third-order valence-corrected chi connectivity index (χ3v) is 0.878. The summed E-state index contributed by atoms with van der Waals surface area (Å²) in [6, 6.07) is 0. The van der Waals surface area contributed by atoms with Crippen molar-refractivity contribution < 1.29 is 18.6 Å². The Kier molecular flexibility index (Phi) is 4.53. The largest absolute Gasteiger partial charge is 0.382 e. The number of rotatable bonds is 4. The van der Waals surface area contributed by atoms with Crippen LogP contribution in [0.2, 0.25) is 0 Å². The lowest BCUT2D eigenvalue weighted by molar-refractivity contribution is 0.0213. The van der Waals surface area contributed by atoms with Gasteiger partial charge in [-0.15, -0.1) is 0 Å². The molecule has 9 heavy (non-hydrogen) atoms. The average molecular weight is 139 g/mol. The van der Waals surface area contributed by atoms with E-state index in [1.54, 1.807) is 0 Å². The number of alkyl halides is 2. The molecule has 0 saturated carbocycles. The molecule has 0 aliphatic heterocycles. The van der Waals surface area contributed by atoms with Gasteiger partial charge in [0.2, 0.25) is 0 Å². The lowest BCUT2D eigenvalue weighted by atomic mass is 10.3. The zero-order valence-electron chi connectivity index (χ0n) is 5.14. The highest BCUT2D eigenvalue weighted by Gasteiger charge is 2.19. The van der Waals surface area contributed by atoms with Crippen LogP contribution in [0.4, 0.5) is 8.78 Å². The van der Waals surface area contributed by atoms with Crippen LogP contribution in [0.15, 0.2) is 0 Å². The highest BCUT2D eigenvalue weighted by atomic mass is 19.2. The summed E-state index contributed by atoms with van der Waals surface area (Å²) in [6.07, 6.45) is -3.70. The molecule has 0 heterocycles. The summed E-state index contributed by atoms with van der Waals surface area (Å²) in [6.45, 7) is -1.38. The van der Waals surface area contributed by atoms with Gasteiger partial charge in [-0.2, -0.15) is 0 Å². The minimum atomic E-state index is -1.93. The Morgan fingerprint density at radius 1 is 1.44 bits per heavy atom. The summed E-state index contributed by atoms with van der Waals surface area (Å²) < 4.78 is 28.3. The minimum Gasteiger partial charge on any atom is -0.382 e. The predicted octanol–water partition coefficient (Wildman–Crippen LogP) is 0.740. The van der Waals surface area contributed by atoms with Crippen molar-refractivity contribution in [1.29, 1.82) is 0 Å². The Labute approximate surface area is 52.4 Å². The van der Waals surface area contributed by atoms with E-state index in [9.17, 15) is 13.9 Å². The number of ether oxygens (including phenoxy) is 1. The standard InChI is InChI=1S/C5H9F2O2/c1-9-3-5(7)4(6)2-8/h4-5H,2-3H2,1H3. The Balaban J connectivity index is 3.32. The molecular formula is C5H9F2O2. The molecule has 0 bridgehead atoms. The number of hydrogen-bond donors (Lipinski definition) is 0. The first-order valence-electron chi connectivity index (χ1n) is 2.57. The van der Waals surface area contributed by atoms with E-state index in [0.29, 0.717) is 0 Å². The Bertz CT molecular complexity index is 70.0. The van der Waals surface area contributed by atoms with E-state index in [1.807, 2.05) is 0 Å². The van der Waals surface area contributed by atoms with Crippen molar-refractivity contribution in [3.8, 4) is 0 Å². The first kappa shape index (κ1) is 8.78. The predicted molar refractivity (Wildman–Crippen MR) is 27.2 cm³/mol. The maximum absolute atomic E-state index is 12.1. The van der Waals surface area contributed by atoms with Gasteiger partial charge in [0.25, 0.3) is 0 Å². The van der Waals surface area contributed by atoms with E-state index in [1.165, 1.54) is 7.11 Å². The summed E-state index contributed by atoms with van der Waals surface area (Å²) in [5, 5.41) is 9.68. The zero-order valence-corrected chi connectivity index (χ0v) is 5.14. The van der Waals surface area contributed by atoms with Crippen molar-refractivity contribution in [3.05, 3.63) is 0 Å². The van der Waals surface area contributed by atoms with Gasteiger partial charge in [-0.05, 0) is 0 Å². The van der Waals surface area contributed by atoms with E-state index >= 15 is 0 Å². The highest BCUT2D eigenvalue weighted by Crippen LogP contribution is 2.02. The van der Waals surface area contributed by atoms with Crippen LogP contribution >= 0.6 is 0 Å². The van der Waals surface area contributed by atoms with Crippen LogP contribution < -0.4 is 0 Å². The van der Waals surface area contributed by atoms with Crippen LogP contribution in [0.5, 0.6) is 0 Å². The molecule has 0 rings (SSSR count). The maximum atomic E-state index is 12.1. The number of hydrogen-bond acceptors (Lipinski definition) is 1. The Morgan fingerprint density at radius 3 is 2.33 bits per heavy atom. The van der Waals surface area contributed by atoms with Gasteiger partial charge in [0.05, 0.1) is 6.61 Å². The van der Waals surface area contributed by atoms with Crippen LogP contribution in [0.3, 0.4) is 0 Å². The molecule has 0 amide bonds. The fraction of sp³-hybridized carbons (Fsp3) is 1.00. The normalized spacial score (nSPS) is 17.3. The van der Waals surface area contributed by atoms with Gasteiger partial charge < -0.3 is 4.74 Å². The second-order valence-corrected chi connectivity index (χ2v) is 1.65. The van der Waals surface area contributed by atoms with Crippen molar-refractivity contribution in [2.75, 3.05) is 20.3 Å². The summed E-state index contributed by atoms with van der Waals surface area (Å²) in [4.78, 5) is 0. The van der Waals surface area contributed by atoms with Gasteiger partial charge in [0, 0.05) is 7.11 Å². The zero-order chi connectivity index (χ0) is 7.28. The molecular weight excluding hydrogens is 130 g/mol. The molecule has 0 saturated heterocycles. The molecule has 4 heteroatoms. The van der Waals surface area contributed by atoms with E-state index in [2.05, 4.69) is 4.74 Å². The first-order chi connectivity index (χ1) is 4.22. The fourth-order valence-electron chi connectivity index (χ4n) is 0.368. The maximum Gasteiger partial charge on any atom is 0.160 e. The SMILES string of the molecule is COCC(F)C(F)C[O]. The summed E-state index contributed by atoms with van der Waals surface area (Å²) >= 11 is 0. The topological polar surface area (TPSA) is 29.1 Å². The average Bonchev–Trinajstić information content (AvgIpc) is 1.87. The Morgan fingerprint density at radius 2 is 2.00 bits per heavy atom. The summed E-state index contributed by atoms with van der Waals surface area (Å²) in [5.74, 6) is 0. The van der Waals surface area contributed by atoms with Crippen molar-refractivity contribution in [2.24, 2.45) is 0 Å². The molecule has 0 fully saturated rings. The third-order valence-electron chi connectivity index (χ3n) is 0.878. The second kappa shape index (κ2) is 4.64. The molecule has 55 valence electrons. The molecule has 0 aliphatic carbocycles. The molecule has 1 radical (unpaired) electrons. The molecule has 0 aromatic heterocycles. The fourth-order valence-corrected chi connectivity index (χ4v) is 0.368. The molecule has 0 aliphatic rings. The van der Waals surface area contributed by atoms with Crippen molar-refractivity contribution >= 4 is 0 Å². The molecule has 2 nitrogen and oxygen atoms in total. The van der Waals surface area contributed by atoms with Crippen LogP contribution in [0, 0.1) is 0 Å². The van der Waals surface area contributed by atoms with Gasteiger partial charge >= 0.3 is 0 Å². The summed E-state index contributed by atoms with van der Waals surface area (Å²) in [7, 11) is 1.25. The molecule has 2 atom stereocenters. The molecule has 0 N–H and O–H groups in total. The monoisotopic (exact) mass is 139 g/mol. The van der Waals surface area contributed by atoms with Crippen molar-refractivity contribution in [3.63, 3.8) is 0 Å². The first-order valence-corrected chi connectivity index (χ1v) is 2.57. The Hall–Kier alpha value is -0.220. The van der Waals surface area contributed by atoms with Crippen LogP contribution in [0.1, 0.15) is 0 Å². The van der Waals surface area contributed by atoms with Crippen LogP contribution in [0.25, 0.3) is 0 Å². The van der Waals surface area contributed by atoms with E-state index in [0.717, 1.165) is 0 Å². The lowest BCUT2D eigenvalue weighted by Crippen LogP contribution is -2.24. The quantitative estimate of drug-likeness (QED) is 0.564. The smallest absolute Gasteiger partial charge is 0.160 e. The second-order valence-electron chi connectivity index (χ2n) is 1.65. The van der Waals surface area contributed by atoms with Gasteiger partial charge in [0.15, 0.2) is 12.3 Å². The van der Waals surface area contributed by atoms with Gasteiger partial charge in [-0.1, -0.05) is 0 Å². The molecule has 0 spiro atoms. The number of methoxy groups -OCH3 is 1. The lowest BCUT2D eigenvalue weighted by Gasteiger charge is -2.07. The van der Waals surface area contributed by atoms with E-state index in [-0.39, 0.29) is 6.61 Å². The van der Waals surface area contributed by atoms with Crippen LogP contribution in [-0.2, 0) is 9.84 Å². The van der Waals surface area contributed by atoms with E-state index < -0.39 is 19.0 Å². The number of halogens is 2. The van der Waals surface area contributed by atoms with E-state index in [4.69, 9.17) is 0 Å².